The number of esters is 1. The van der Waals surface area contributed by atoms with E-state index in [0.29, 0.717) is 0 Å². The molecule has 0 saturated carbocycles. The number of carbonyl (C=O) groups is 1. The molecule has 19 heavy (non-hydrogen) atoms. The minimum atomic E-state index is -3.72. The van der Waals surface area contributed by atoms with E-state index in [-0.39, 0.29) is 4.90 Å². The van der Waals surface area contributed by atoms with E-state index < -0.39 is 33.5 Å². The Morgan fingerprint density at radius 2 is 1.89 bits per heavy atom. The van der Waals surface area contributed by atoms with Crippen LogP contribution >= 0.6 is 0 Å². The molecule has 1 aromatic carbocycles. The lowest BCUT2D eigenvalue weighted by molar-refractivity contribution is 0.0372. The summed E-state index contributed by atoms with van der Waals surface area (Å²) in [5.74, 6) is -1.70. The van der Waals surface area contributed by atoms with Crippen molar-refractivity contribution in [3.63, 3.8) is 0 Å². The first kappa shape index (κ1) is 15.6. The van der Waals surface area contributed by atoms with Crippen LogP contribution in [0.1, 0.15) is 24.2 Å². The summed E-state index contributed by atoms with van der Waals surface area (Å²) >= 11 is 0. The quantitative estimate of drug-likeness (QED) is 0.790. The largest absolute Gasteiger partial charge is 0.459 e. The van der Waals surface area contributed by atoms with E-state index in [4.69, 9.17) is 4.74 Å². The first-order chi connectivity index (χ1) is 8.66. The van der Waals surface area contributed by atoms with Crippen LogP contribution in [-0.2, 0) is 14.8 Å². The second kappa shape index (κ2) is 5.66. The van der Waals surface area contributed by atoms with Gasteiger partial charge in [-0.05, 0) is 32.0 Å². The molecule has 106 valence electrons. The van der Waals surface area contributed by atoms with Crippen LogP contribution < -0.4 is 0 Å². The predicted molar refractivity (Wildman–Crippen MR) is 67.8 cm³/mol. The van der Waals surface area contributed by atoms with E-state index in [0.717, 1.165) is 22.5 Å². The molecular weight excluding hydrogens is 273 g/mol. The molecule has 0 aliphatic heterocycles. The normalized spacial score (nSPS) is 11.9. The molecule has 0 radical (unpaired) electrons. The third kappa shape index (κ3) is 3.51. The Bertz CT molecular complexity index is 581. The van der Waals surface area contributed by atoms with Crippen molar-refractivity contribution < 1.29 is 22.3 Å². The smallest absolute Gasteiger partial charge is 0.341 e. The molecule has 7 heteroatoms. The van der Waals surface area contributed by atoms with Gasteiger partial charge in [0.05, 0.1) is 16.6 Å². The van der Waals surface area contributed by atoms with Crippen molar-refractivity contribution in [3.8, 4) is 0 Å². The summed E-state index contributed by atoms with van der Waals surface area (Å²) in [7, 11) is -1.02. The molecule has 1 rings (SSSR count). The average molecular weight is 289 g/mol. The highest BCUT2D eigenvalue weighted by Crippen LogP contribution is 2.18. The van der Waals surface area contributed by atoms with E-state index >= 15 is 0 Å². The summed E-state index contributed by atoms with van der Waals surface area (Å²) in [6.45, 7) is 3.24. The maximum Gasteiger partial charge on any atom is 0.341 e. The van der Waals surface area contributed by atoms with Crippen LogP contribution in [-0.4, -0.2) is 38.9 Å². The molecule has 0 amide bonds. The van der Waals surface area contributed by atoms with Crippen molar-refractivity contribution in [1.82, 2.24) is 4.31 Å². The van der Waals surface area contributed by atoms with E-state index in [1.807, 2.05) is 0 Å². The molecule has 0 bridgehead atoms. The number of hydrogen-bond acceptors (Lipinski definition) is 4. The van der Waals surface area contributed by atoms with Gasteiger partial charge in [-0.15, -0.1) is 0 Å². The highest BCUT2D eigenvalue weighted by Gasteiger charge is 2.22. The first-order valence-corrected chi connectivity index (χ1v) is 7.03. The van der Waals surface area contributed by atoms with Crippen molar-refractivity contribution >= 4 is 16.0 Å². The zero-order chi connectivity index (χ0) is 14.8. The third-order valence-corrected chi connectivity index (χ3v) is 4.09. The molecule has 5 nitrogen and oxygen atoms in total. The zero-order valence-electron chi connectivity index (χ0n) is 11.2. The van der Waals surface area contributed by atoms with Crippen molar-refractivity contribution in [1.29, 1.82) is 0 Å². The first-order valence-electron chi connectivity index (χ1n) is 5.59. The topological polar surface area (TPSA) is 63.7 Å². The van der Waals surface area contributed by atoms with Gasteiger partial charge in [-0.1, -0.05) is 0 Å². The number of ether oxygens (including phenoxy) is 1. The monoisotopic (exact) mass is 289 g/mol. The van der Waals surface area contributed by atoms with Gasteiger partial charge >= 0.3 is 5.97 Å². The van der Waals surface area contributed by atoms with Crippen LogP contribution in [0, 0.1) is 5.82 Å². The van der Waals surface area contributed by atoms with Gasteiger partial charge in [-0.3, -0.25) is 0 Å². The van der Waals surface area contributed by atoms with Crippen molar-refractivity contribution in [3.05, 3.63) is 29.6 Å². The molecule has 0 atom stereocenters. The molecule has 0 N–H and O–H groups in total. The van der Waals surface area contributed by atoms with Gasteiger partial charge in [0.25, 0.3) is 0 Å². The van der Waals surface area contributed by atoms with Gasteiger partial charge in [-0.2, -0.15) is 0 Å². The van der Waals surface area contributed by atoms with Gasteiger partial charge in [0.15, 0.2) is 0 Å². The molecule has 0 unspecified atom stereocenters. The van der Waals surface area contributed by atoms with Gasteiger partial charge < -0.3 is 4.74 Å². The summed E-state index contributed by atoms with van der Waals surface area (Å²) in [5.41, 5.74) is -0.392. The molecule has 0 heterocycles. The van der Waals surface area contributed by atoms with Gasteiger partial charge in [-0.25, -0.2) is 21.9 Å². The highest BCUT2D eigenvalue weighted by atomic mass is 32.2. The van der Waals surface area contributed by atoms with Crippen LogP contribution in [0.15, 0.2) is 23.1 Å². The lowest BCUT2D eigenvalue weighted by Crippen LogP contribution is -2.23. The Morgan fingerprint density at radius 3 is 2.37 bits per heavy atom. The van der Waals surface area contributed by atoms with Crippen molar-refractivity contribution in [2.45, 2.75) is 24.8 Å². The van der Waals surface area contributed by atoms with Crippen LogP contribution in [0.5, 0.6) is 0 Å². The molecule has 0 aliphatic carbocycles. The van der Waals surface area contributed by atoms with E-state index in [9.17, 15) is 17.6 Å². The second-order valence-electron chi connectivity index (χ2n) is 4.38. The predicted octanol–water partition coefficient (Wildman–Crippen LogP) is 1.64. The second-order valence-corrected chi connectivity index (χ2v) is 6.53. The van der Waals surface area contributed by atoms with Gasteiger partial charge in [0, 0.05) is 14.1 Å². The number of hydrogen-bond donors (Lipinski definition) is 0. The summed E-state index contributed by atoms with van der Waals surface area (Å²) in [6, 6.07) is 3.03. The van der Waals surface area contributed by atoms with Gasteiger partial charge in [0.1, 0.15) is 5.82 Å². The standard InChI is InChI=1S/C12H16FNO4S/c1-8(2)18-12(15)10-7-9(5-6-11(10)13)19(16,17)14(3)4/h5-8H,1-4H3. The van der Waals surface area contributed by atoms with E-state index in [1.54, 1.807) is 13.8 Å². The van der Waals surface area contributed by atoms with Crippen molar-refractivity contribution in [2.24, 2.45) is 0 Å². The highest BCUT2D eigenvalue weighted by molar-refractivity contribution is 7.89. The maximum absolute atomic E-state index is 13.6. The molecule has 0 aliphatic rings. The summed E-state index contributed by atoms with van der Waals surface area (Å²) in [4.78, 5) is 11.5. The number of rotatable bonds is 4. The third-order valence-electron chi connectivity index (χ3n) is 2.28. The van der Waals surface area contributed by atoms with Crippen LogP contribution in [0.2, 0.25) is 0 Å². The van der Waals surface area contributed by atoms with Crippen LogP contribution in [0.4, 0.5) is 4.39 Å². The molecule has 0 fully saturated rings. The lowest BCUT2D eigenvalue weighted by Gasteiger charge is -2.13. The lowest BCUT2D eigenvalue weighted by atomic mass is 10.2. The number of sulfonamides is 1. The fraction of sp³-hybridized carbons (Fsp3) is 0.417. The summed E-state index contributed by atoms with van der Waals surface area (Å²) < 4.78 is 43.2. The molecule has 0 saturated heterocycles. The Hall–Kier alpha value is -1.47. The minimum absolute atomic E-state index is 0.158. The van der Waals surface area contributed by atoms with Crippen molar-refractivity contribution in [2.75, 3.05) is 14.1 Å². The maximum atomic E-state index is 13.6. The Morgan fingerprint density at radius 1 is 1.32 bits per heavy atom. The molecular formula is C12H16FNO4S. The fourth-order valence-electron chi connectivity index (χ4n) is 1.31. The molecule has 0 aromatic heterocycles. The Labute approximate surface area is 112 Å². The SMILES string of the molecule is CC(C)OC(=O)c1cc(S(=O)(=O)N(C)C)ccc1F. The fourth-order valence-corrected chi connectivity index (χ4v) is 2.24. The Kier molecular flexibility index (Phi) is 4.65. The number of carbonyl (C=O) groups excluding carboxylic acids is 1. The van der Waals surface area contributed by atoms with Gasteiger partial charge in [0.2, 0.25) is 10.0 Å². The Balaban J connectivity index is 3.26. The number of nitrogens with zero attached hydrogens (tertiary/aromatic N) is 1. The summed E-state index contributed by atoms with van der Waals surface area (Å²) in [5, 5.41) is 0. The molecule has 0 spiro atoms. The summed E-state index contributed by atoms with van der Waals surface area (Å²) in [6.07, 6.45) is -0.416. The average Bonchev–Trinajstić information content (AvgIpc) is 2.27. The van der Waals surface area contributed by atoms with Crippen LogP contribution in [0.3, 0.4) is 0 Å². The zero-order valence-corrected chi connectivity index (χ0v) is 12.0. The minimum Gasteiger partial charge on any atom is -0.459 e. The van der Waals surface area contributed by atoms with Crippen LogP contribution in [0.25, 0.3) is 0 Å². The molecule has 1 aromatic rings. The van der Waals surface area contributed by atoms with E-state index in [2.05, 4.69) is 0 Å². The number of benzene rings is 1. The van der Waals surface area contributed by atoms with E-state index in [1.165, 1.54) is 14.1 Å². The number of halogens is 1.